The number of phenolic OH excluding ortho intramolecular Hbond substituents is 3. The molecule has 0 amide bonds. The molecule has 1 saturated heterocycles. The van der Waals surface area contributed by atoms with Gasteiger partial charge in [0.15, 0.2) is 5.76 Å². The summed E-state index contributed by atoms with van der Waals surface area (Å²) < 4.78 is 21.9. The maximum absolute atomic E-state index is 13.3. The standard InChI is InChI=1S/C22H22O11/c1-30-8-14-16(26)18(28)19(29)22(32-14)33-21-17(27)15-12(25)6-11(24)7-13(15)31-20(21)9-2-4-10(23)5-3-9/h2-7,14,16,18-19,22-26,28-29H,8H2,1H3/t14-,16-,18+,19-,22+/m1/s1. The lowest BCUT2D eigenvalue weighted by Gasteiger charge is -2.39. The van der Waals surface area contributed by atoms with Gasteiger partial charge >= 0.3 is 0 Å². The molecule has 176 valence electrons. The van der Waals surface area contributed by atoms with E-state index in [1.165, 1.54) is 31.4 Å². The van der Waals surface area contributed by atoms with Crippen molar-refractivity contribution in [2.24, 2.45) is 0 Å². The molecule has 11 nitrogen and oxygen atoms in total. The number of benzene rings is 2. The molecule has 1 aromatic heterocycles. The maximum Gasteiger partial charge on any atom is 0.239 e. The first-order valence-electron chi connectivity index (χ1n) is 9.88. The zero-order chi connectivity index (χ0) is 23.9. The first-order chi connectivity index (χ1) is 15.7. The lowest BCUT2D eigenvalue weighted by molar-refractivity contribution is -0.278. The first kappa shape index (κ1) is 22.8. The summed E-state index contributed by atoms with van der Waals surface area (Å²) in [6, 6.07) is 7.61. The molecule has 1 aliphatic rings. The molecule has 33 heavy (non-hydrogen) atoms. The SMILES string of the molecule is COC[C@H]1O[C@@H](Oc2c(-c3ccc(O)cc3)oc3cc(O)cc(O)c3c2=O)[C@H](O)[C@@H](O)[C@@H]1O. The average molecular weight is 462 g/mol. The monoisotopic (exact) mass is 462 g/mol. The van der Waals surface area contributed by atoms with Gasteiger partial charge in [-0.05, 0) is 24.3 Å². The molecule has 0 bridgehead atoms. The number of aromatic hydroxyl groups is 3. The smallest absolute Gasteiger partial charge is 0.239 e. The Kier molecular flexibility index (Phi) is 6.15. The molecule has 1 fully saturated rings. The van der Waals surface area contributed by atoms with Crippen molar-refractivity contribution < 1.29 is 49.3 Å². The third-order valence-electron chi connectivity index (χ3n) is 5.28. The molecule has 0 saturated carbocycles. The molecule has 4 rings (SSSR count). The Morgan fingerprint density at radius 1 is 0.939 bits per heavy atom. The second-order valence-electron chi connectivity index (χ2n) is 7.56. The van der Waals surface area contributed by atoms with E-state index < -0.39 is 47.6 Å². The zero-order valence-corrected chi connectivity index (χ0v) is 17.3. The van der Waals surface area contributed by atoms with Crippen LogP contribution in [0.15, 0.2) is 45.6 Å². The molecule has 2 heterocycles. The van der Waals surface area contributed by atoms with Crippen molar-refractivity contribution in [2.45, 2.75) is 30.7 Å². The summed E-state index contributed by atoms with van der Waals surface area (Å²) in [5.74, 6) is -1.60. The number of phenols is 3. The Morgan fingerprint density at radius 2 is 1.64 bits per heavy atom. The Morgan fingerprint density at radius 3 is 2.30 bits per heavy atom. The molecule has 0 aliphatic carbocycles. The molecule has 1 aliphatic heterocycles. The van der Waals surface area contributed by atoms with E-state index >= 15 is 0 Å². The van der Waals surface area contributed by atoms with Crippen LogP contribution in [0.4, 0.5) is 0 Å². The molecule has 0 spiro atoms. The lowest BCUT2D eigenvalue weighted by atomic mass is 9.99. The summed E-state index contributed by atoms with van der Waals surface area (Å²) in [6.07, 6.45) is -7.58. The second-order valence-corrected chi connectivity index (χ2v) is 7.56. The summed E-state index contributed by atoms with van der Waals surface area (Å²) >= 11 is 0. The van der Waals surface area contributed by atoms with Gasteiger partial charge < -0.3 is 49.3 Å². The number of aliphatic hydroxyl groups is 3. The average Bonchev–Trinajstić information content (AvgIpc) is 2.77. The third kappa shape index (κ3) is 4.19. The predicted octanol–water partition coefficient (Wildman–Crippen LogP) is 0.410. The molecule has 2 aromatic carbocycles. The van der Waals surface area contributed by atoms with Crippen molar-refractivity contribution in [1.29, 1.82) is 0 Å². The fourth-order valence-corrected chi connectivity index (χ4v) is 3.61. The summed E-state index contributed by atoms with van der Waals surface area (Å²) in [5.41, 5.74) is -0.716. The van der Waals surface area contributed by atoms with Crippen LogP contribution in [0.5, 0.6) is 23.0 Å². The normalized spacial score (nSPS) is 25.3. The Bertz CT molecular complexity index is 1200. The summed E-state index contributed by atoms with van der Waals surface area (Å²) in [7, 11) is 1.35. The highest BCUT2D eigenvalue weighted by molar-refractivity contribution is 5.88. The van der Waals surface area contributed by atoms with Crippen molar-refractivity contribution in [3.05, 3.63) is 46.6 Å². The van der Waals surface area contributed by atoms with Gasteiger partial charge in [0, 0.05) is 24.8 Å². The van der Waals surface area contributed by atoms with Crippen LogP contribution in [0.3, 0.4) is 0 Å². The van der Waals surface area contributed by atoms with Crippen LogP contribution < -0.4 is 10.2 Å². The maximum atomic E-state index is 13.3. The molecule has 6 N–H and O–H groups in total. The van der Waals surface area contributed by atoms with Crippen molar-refractivity contribution in [3.63, 3.8) is 0 Å². The molecular weight excluding hydrogens is 440 g/mol. The summed E-state index contributed by atoms with van der Waals surface area (Å²) in [6.45, 7) is -0.137. The van der Waals surface area contributed by atoms with Gasteiger partial charge in [-0.25, -0.2) is 0 Å². The van der Waals surface area contributed by atoms with Crippen LogP contribution in [0, 0.1) is 0 Å². The number of hydrogen-bond donors (Lipinski definition) is 6. The Hall–Kier alpha value is -3.35. The highest BCUT2D eigenvalue weighted by atomic mass is 16.7. The summed E-state index contributed by atoms with van der Waals surface area (Å²) in [5, 5.41) is 60.0. The van der Waals surface area contributed by atoms with Gasteiger partial charge in [0.1, 0.15) is 52.6 Å². The van der Waals surface area contributed by atoms with E-state index in [1.54, 1.807) is 0 Å². The van der Waals surface area contributed by atoms with E-state index in [-0.39, 0.29) is 40.4 Å². The zero-order valence-electron chi connectivity index (χ0n) is 17.3. The summed E-state index contributed by atoms with van der Waals surface area (Å²) in [4.78, 5) is 13.3. The van der Waals surface area contributed by atoms with Gasteiger partial charge in [0.05, 0.1) is 6.61 Å². The highest BCUT2D eigenvalue weighted by Gasteiger charge is 2.45. The number of methoxy groups -OCH3 is 1. The molecule has 0 radical (unpaired) electrons. The van der Waals surface area contributed by atoms with E-state index in [4.69, 9.17) is 18.6 Å². The van der Waals surface area contributed by atoms with Crippen molar-refractivity contribution >= 4 is 11.0 Å². The van der Waals surface area contributed by atoms with Crippen molar-refractivity contribution in [3.8, 4) is 34.3 Å². The predicted molar refractivity (Wildman–Crippen MR) is 112 cm³/mol. The first-order valence-corrected chi connectivity index (χ1v) is 9.88. The molecule has 5 atom stereocenters. The number of fused-ring (bicyclic) bond motifs is 1. The topological polar surface area (TPSA) is 179 Å². The lowest BCUT2D eigenvalue weighted by Crippen LogP contribution is -2.60. The molecular formula is C22H22O11. The fraction of sp³-hybridized carbons (Fsp3) is 0.318. The van der Waals surface area contributed by atoms with Crippen LogP contribution in [0.25, 0.3) is 22.3 Å². The third-order valence-corrected chi connectivity index (χ3v) is 5.28. The molecule has 3 aromatic rings. The van der Waals surface area contributed by atoms with E-state index in [0.717, 1.165) is 12.1 Å². The van der Waals surface area contributed by atoms with Gasteiger partial charge in [0.25, 0.3) is 0 Å². The second kappa shape index (κ2) is 8.89. The number of hydrogen-bond acceptors (Lipinski definition) is 11. The van der Waals surface area contributed by atoms with Crippen molar-refractivity contribution in [1.82, 2.24) is 0 Å². The quantitative estimate of drug-likeness (QED) is 0.309. The van der Waals surface area contributed by atoms with Gasteiger partial charge in [-0.3, -0.25) is 4.79 Å². The van der Waals surface area contributed by atoms with Gasteiger partial charge in [-0.1, -0.05) is 0 Å². The highest BCUT2D eigenvalue weighted by Crippen LogP contribution is 2.37. The Balaban J connectivity index is 1.86. The van der Waals surface area contributed by atoms with Crippen LogP contribution in [-0.2, 0) is 9.47 Å². The van der Waals surface area contributed by atoms with Crippen LogP contribution in [0.1, 0.15) is 0 Å². The van der Waals surface area contributed by atoms with E-state index in [2.05, 4.69) is 0 Å². The van der Waals surface area contributed by atoms with Crippen molar-refractivity contribution in [2.75, 3.05) is 13.7 Å². The van der Waals surface area contributed by atoms with Gasteiger partial charge in [0.2, 0.25) is 17.5 Å². The minimum absolute atomic E-state index is 0.0507. The minimum Gasteiger partial charge on any atom is -0.508 e. The van der Waals surface area contributed by atoms with Crippen LogP contribution in [-0.4, -0.2) is 75.1 Å². The Labute approximate surface area is 186 Å². The largest absolute Gasteiger partial charge is 0.508 e. The van der Waals surface area contributed by atoms with Gasteiger partial charge in [-0.2, -0.15) is 0 Å². The van der Waals surface area contributed by atoms with Crippen LogP contribution in [0.2, 0.25) is 0 Å². The minimum atomic E-state index is -1.75. The van der Waals surface area contributed by atoms with E-state index in [0.29, 0.717) is 0 Å². The van der Waals surface area contributed by atoms with E-state index in [9.17, 15) is 35.4 Å². The number of ether oxygens (including phenoxy) is 3. The number of rotatable bonds is 5. The fourth-order valence-electron chi connectivity index (χ4n) is 3.61. The molecule has 0 unspecified atom stereocenters. The molecule has 11 heteroatoms. The van der Waals surface area contributed by atoms with Gasteiger partial charge in [-0.15, -0.1) is 0 Å². The number of aliphatic hydroxyl groups excluding tert-OH is 3. The van der Waals surface area contributed by atoms with E-state index in [1.807, 2.05) is 0 Å². The van der Waals surface area contributed by atoms with Crippen LogP contribution >= 0.6 is 0 Å².